The lowest BCUT2D eigenvalue weighted by Crippen LogP contribution is -2.31. The first-order valence-corrected chi connectivity index (χ1v) is 9.48. The summed E-state index contributed by atoms with van der Waals surface area (Å²) in [4.78, 5) is 24.0. The third kappa shape index (κ3) is 4.96. The first kappa shape index (κ1) is 23.8. The minimum Gasteiger partial charge on any atom is -0.496 e. The molecule has 12 heteroatoms. The van der Waals surface area contributed by atoms with Crippen LogP contribution in [0.5, 0.6) is 5.75 Å². The summed E-state index contributed by atoms with van der Waals surface area (Å²) < 4.78 is 43.6. The number of benzene rings is 2. The van der Waals surface area contributed by atoms with Crippen molar-refractivity contribution in [3.8, 4) is 17.0 Å². The molecule has 0 radical (unpaired) electrons. The second-order valence-electron chi connectivity index (χ2n) is 6.89. The van der Waals surface area contributed by atoms with Crippen molar-refractivity contribution in [2.24, 2.45) is 5.73 Å². The SMILES string of the molecule is COc1ccccc1C(=O)NCc1ccc(-c2nn(C(=O)C(F)(F)F)c(N)c2C(N)O)cc1. The number of carbonyl (C=O) groups excluding carboxylic acids is 2. The smallest absolute Gasteiger partial charge is 0.473 e. The molecule has 0 aliphatic heterocycles. The number of aromatic nitrogens is 2. The Bertz CT molecular complexity index is 1170. The van der Waals surface area contributed by atoms with E-state index in [0.717, 1.165) is 0 Å². The van der Waals surface area contributed by atoms with E-state index in [1.54, 1.807) is 36.4 Å². The Kier molecular flexibility index (Phi) is 6.70. The lowest BCUT2D eigenvalue weighted by Gasteiger charge is -2.10. The van der Waals surface area contributed by atoms with Gasteiger partial charge < -0.3 is 26.6 Å². The zero-order valence-electron chi connectivity index (χ0n) is 17.3. The molecule has 174 valence electrons. The molecule has 0 aliphatic carbocycles. The van der Waals surface area contributed by atoms with Gasteiger partial charge in [0.1, 0.15) is 23.5 Å². The van der Waals surface area contributed by atoms with Crippen LogP contribution in [-0.2, 0) is 6.54 Å². The van der Waals surface area contributed by atoms with Crippen molar-refractivity contribution in [1.82, 2.24) is 15.1 Å². The van der Waals surface area contributed by atoms with Crippen LogP contribution < -0.4 is 21.5 Å². The van der Waals surface area contributed by atoms with Gasteiger partial charge in [0.25, 0.3) is 5.91 Å². The second-order valence-corrected chi connectivity index (χ2v) is 6.89. The predicted molar refractivity (Wildman–Crippen MR) is 112 cm³/mol. The molecule has 1 aromatic heterocycles. The van der Waals surface area contributed by atoms with Crippen molar-refractivity contribution in [3.05, 3.63) is 65.2 Å². The highest BCUT2D eigenvalue weighted by molar-refractivity contribution is 5.96. The van der Waals surface area contributed by atoms with Gasteiger partial charge in [0.2, 0.25) is 0 Å². The zero-order valence-corrected chi connectivity index (χ0v) is 17.3. The molecule has 0 saturated heterocycles. The number of ether oxygens (including phenoxy) is 1. The maximum Gasteiger partial charge on any atom is 0.473 e. The van der Waals surface area contributed by atoms with Crippen LogP contribution >= 0.6 is 0 Å². The molecule has 6 N–H and O–H groups in total. The summed E-state index contributed by atoms with van der Waals surface area (Å²) in [5.41, 5.74) is 11.8. The number of carbonyl (C=O) groups is 2. The number of nitrogens with zero attached hydrogens (tertiary/aromatic N) is 2. The highest BCUT2D eigenvalue weighted by Gasteiger charge is 2.42. The van der Waals surface area contributed by atoms with Gasteiger partial charge in [-0.2, -0.15) is 23.0 Å². The number of hydrogen-bond donors (Lipinski definition) is 4. The summed E-state index contributed by atoms with van der Waals surface area (Å²) >= 11 is 0. The van der Waals surface area contributed by atoms with Crippen LogP contribution in [0.15, 0.2) is 48.5 Å². The minimum absolute atomic E-state index is 0.0396. The highest BCUT2D eigenvalue weighted by atomic mass is 19.4. The molecule has 0 fully saturated rings. The fourth-order valence-corrected chi connectivity index (χ4v) is 3.11. The van der Waals surface area contributed by atoms with Crippen molar-refractivity contribution in [1.29, 1.82) is 0 Å². The molecule has 3 rings (SSSR count). The summed E-state index contributed by atoms with van der Waals surface area (Å²) in [6, 6.07) is 12.8. The summed E-state index contributed by atoms with van der Waals surface area (Å²) in [7, 11) is 1.45. The lowest BCUT2D eigenvalue weighted by atomic mass is 10.0. The van der Waals surface area contributed by atoms with Gasteiger partial charge in [-0.15, -0.1) is 0 Å². The lowest BCUT2D eigenvalue weighted by molar-refractivity contribution is -0.0953. The van der Waals surface area contributed by atoms with Crippen LogP contribution in [0.2, 0.25) is 0 Å². The van der Waals surface area contributed by atoms with Crippen molar-refractivity contribution in [2.75, 3.05) is 12.8 Å². The highest BCUT2D eigenvalue weighted by Crippen LogP contribution is 2.32. The Morgan fingerprint density at radius 3 is 2.39 bits per heavy atom. The van der Waals surface area contributed by atoms with Gasteiger partial charge in [-0.3, -0.25) is 9.59 Å². The van der Waals surface area contributed by atoms with Crippen LogP contribution in [0, 0.1) is 0 Å². The van der Waals surface area contributed by atoms with Gasteiger partial charge in [0.05, 0.1) is 18.2 Å². The number of methoxy groups -OCH3 is 1. The summed E-state index contributed by atoms with van der Waals surface area (Å²) in [6.45, 7) is 0.146. The van der Waals surface area contributed by atoms with Crippen molar-refractivity contribution in [2.45, 2.75) is 18.9 Å². The van der Waals surface area contributed by atoms with Crippen LogP contribution in [-0.4, -0.2) is 40.0 Å². The average Bonchev–Trinajstić information content (AvgIpc) is 3.13. The number of alkyl halides is 3. The van der Waals surface area contributed by atoms with E-state index in [1.807, 2.05) is 0 Å². The third-order valence-corrected chi connectivity index (χ3v) is 4.72. The molecule has 1 unspecified atom stereocenters. The first-order chi connectivity index (χ1) is 15.5. The summed E-state index contributed by atoms with van der Waals surface area (Å²) in [6.07, 6.45) is -6.99. The maximum absolute atomic E-state index is 12.8. The normalized spacial score (nSPS) is 12.3. The van der Waals surface area contributed by atoms with Gasteiger partial charge in [-0.05, 0) is 17.7 Å². The van der Waals surface area contributed by atoms with E-state index in [9.17, 15) is 27.9 Å². The maximum atomic E-state index is 12.8. The molecule has 2 aromatic carbocycles. The topological polar surface area (TPSA) is 145 Å². The van der Waals surface area contributed by atoms with E-state index in [1.165, 1.54) is 19.2 Å². The molecule has 0 spiro atoms. The van der Waals surface area contributed by atoms with Crippen LogP contribution in [0.3, 0.4) is 0 Å². The van der Waals surface area contributed by atoms with Crippen molar-refractivity contribution in [3.63, 3.8) is 0 Å². The monoisotopic (exact) mass is 463 g/mol. The van der Waals surface area contributed by atoms with Gasteiger partial charge in [0.15, 0.2) is 0 Å². The van der Waals surface area contributed by atoms with E-state index in [-0.39, 0.29) is 34.0 Å². The number of hydrogen-bond acceptors (Lipinski definition) is 7. The molecule has 0 saturated carbocycles. The minimum atomic E-state index is -5.22. The average molecular weight is 463 g/mol. The fourth-order valence-electron chi connectivity index (χ4n) is 3.11. The van der Waals surface area contributed by atoms with Crippen LogP contribution in [0.4, 0.5) is 19.0 Å². The standard InChI is InChI=1S/C21H20F3N5O4/c1-33-14-5-3-2-4-13(14)19(31)27-10-11-6-8-12(9-7-11)16-15(18(26)30)17(25)29(28-16)20(32)21(22,23)24/h2-9,18,30H,10,25-26H2,1H3,(H,27,31). The fraction of sp³-hybridized carbons (Fsp3) is 0.190. The number of aliphatic hydroxyl groups is 1. The number of anilines is 1. The Hall–Kier alpha value is -3.90. The number of nitrogens with two attached hydrogens (primary N) is 2. The first-order valence-electron chi connectivity index (χ1n) is 9.48. The Morgan fingerprint density at radius 1 is 1.18 bits per heavy atom. The molecule has 1 amide bonds. The summed E-state index contributed by atoms with van der Waals surface area (Å²) in [5.74, 6) is -2.97. The van der Waals surface area contributed by atoms with Gasteiger partial charge in [-0.1, -0.05) is 36.4 Å². The van der Waals surface area contributed by atoms with E-state index in [2.05, 4.69) is 10.4 Å². The van der Waals surface area contributed by atoms with Crippen molar-refractivity contribution < 1.29 is 32.6 Å². The van der Waals surface area contributed by atoms with Crippen LogP contribution in [0.1, 0.15) is 32.5 Å². The van der Waals surface area contributed by atoms with Gasteiger partial charge in [-0.25, -0.2) is 0 Å². The largest absolute Gasteiger partial charge is 0.496 e. The zero-order chi connectivity index (χ0) is 24.3. The third-order valence-electron chi connectivity index (χ3n) is 4.72. The summed E-state index contributed by atoms with van der Waals surface area (Å²) in [5, 5.41) is 16.2. The van der Waals surface area contributed by atoms with Gasteiger partial charge in [0, 0.05) is 12.1 Å². The molecule has 1 heterocycles. The number of amides is 1. The Labute approximate surface area is 185 Å². The molecular formula is C21H20F3N5O4. The number of halogens is 3. The number of nitrogens with one attached hydrogen (secondary N) is 1. The molecule has 33 heavy (non-hydrogen) atoms. The number of nitrogen functional groups attached to an aromatic ring is 1. The molecule has 3 aromatic rings. The molecule has 9 nitrogen and oxygen atoms in total. The van der Waals surface area contributed by atoms with Crippen LogP contribution in [0.25, 0.3) is 11.3 Å². The van der Waals surface area contributed by atoms with E-state index in [0.29, 0.717) is 16.9 Å². The Balaban J connectivity index is 1.82. The van der Waals surface area contributed by atoms with E-state index >= 15 is 0 Å². The van der Waals surface area contributed by atoms with E-state index in [4.69, 9.17) is 16.2 Å². The molecule has 1 atom stereocenters. The quantitative estimate of drug-likeness (QED) is 0.410. The molecular weight excluding hydrogens is 443 g/mol. The van der Waals surface area contributed by atoms with Gasteiger partial charge >= 0.3 is 12.1 Å². The Morgan fingerprint density at radius 2 is 1.82 bits per heavy atom. The number of rotatable bonds is 6. The van der Waals surface area contributed by atoms with E-state index < -0.39 is 24.1 Å². The number of para-hydroxylation sites is 1. The molecule has 0 aliphatic rings. The van der Waals surface area contributed by atoms with Crippen molar-refractivity contribution >= 4 is 17.6 Å². The molecule has 0 bridgehead atoms. The number of aliphatic hydroxyl groups excluding tert-OH is 1. The predicted octanol–water partition coefficient (Wildman–Crippen LogP) is 2.22. The second kappa shape index (κ2) is 9.30.